The van der Waals surface area contributed by atoms with E-state index in [1.54, 1.807) is 37.6 Å². The molecule has 0 unspecified atom stereocenters. The summed E-state index contributed by atoms with van der Waals surface area (Å²) in [5.74, 6) is 0.186. The molecule has 0 atom stereocenters. The van der Waals surface area contributed by atoms with Gasteiger partial charge in [0.15, 0.2) is 6.29 Å². The molecule has 0 aliphatic carbocycles. The molecular weight excluding hydrogens is 322 g/mol. The van der Waals surface area contributed by atoms with Crippen LogP contribution in [-0.2, 0) is 6.54 Å². The van der Waals surface area contributed by atoms with Crippen LogP contribution >= 0.6 is 0 Å². The van der Waals surface area contributed by atoms with Crippen molar-refractivity contribution < 1.29 is 24.2 Å². The molecule has 0 saturated heterocycles. The zero-order valence-corrected chi connectivity index (χ0v) is 13.9. The zero-order chi connectivity index (χ0) is 18.0. The van der Waals surface area contributed by atoms with Crippen molar-refractivity contribution in [3.63, 3.8) is 0 Å². The summed E-state index contributed by atoms with van der Waals surface area (Å²) in [6, 6.07) is 10.3. The van der Waals surface area contributed by atoms with E-state index < -0.39 is 5.97 Å². The number of carboxylic acid groups (broad SMARTS) is 1. The summed E-state index contributed by atoms with van der Waals surface area (Å²) in [7, 11) is 3.10. The Morgan fingerprint density at radius 3 is 2.64 bits per heavy atom. The minimum Gasteiger partial charge on any atom is -0.497 e. The Balaban J connectivity index is 2.14. The van der Waals surface area contributed by atoms with Gasteiger partial charge in [-0.1, -0.05) is 12.1 Å². The minimum absolute atomic E-state index is 0.222. The number of ether oxygens (including phenoxy) is 2. The van der Waals surface area contributed by atoms with Crippen molar-refractivity contribution in [2.45, 2.75) is 6.54 Å². The first-order valence-corrected chi connectivity index (χ1v) is 7.59. The van der Waals surface area contributed by atoms with Gasteiger partial charge in [0.2, 0.25) is 0 Å². The first kappa shape index (κ1) is 16.6. The molecule has 0 radical (unpaired) electrons. The van der Waals surface area contributed by atoms with Gasteiger partial charge in [0, 0.05) is 30.4 Å². The van der Waals surface area contributed by atoms with E-state index in [1.807, 2.05) is 16.7 Å². The summed E-state index contributed by atoms with van der Waals surface area (Å²) in [5, 5.41) is 9.84. The maximum Gasteiger partial charge on any atom is 0.335 e. The lowest BCUT2D eigenvalue weighted by molar-refractivity contribution is 0.0696. The van der Waals surface area contributed by atoms with E-state index >= 15 is 0 Å². The number of carbonyl (C=O) groups is 2. The van der Waals surface area contributed by atoms with Crippen molar-refractivity contribution in [1.29, 1.82) is 0 Å². The van der Waals surface area contributed by atoms with Gasteiger partial charge >= 0.3 is 5.97 Å². The summed E-state index contributed by atoms with van der Waals surface area (Å²) in [5.41, 5.74) is 2.32. The van der Waals surface area contributed by atoms with Crippen LogP contribution in [0.15, 0.2) is 42.6 Å². The van der Waals surface area contributed by atoms with Gasteiger partial charge < -0.3 is 19.1 Å². The normalized spacial score (nSPS) is 10.6. The average molecular weight is 339 g/mol. The molecule has 2 aromatic carbocycles. The molecule has 0 aliphatic rings. The van der Waals surface area contributed by atoms with Crippen molar-refractivity contribution in [2.24, 2.45) is 0 Å². The topological polar surface area (TPSA) is 77.8 Å². The number of aromatic nitrogens is 1. The minimum atomic E-state index is -0.976. The highest BCUT2D eigenvalue weighted by atomic mass is 16.5. The van der Waals surface area contributed by atoms with Crippen LogP contribution in [0.2, 0.25) is 0 Å². The maximum absolute atomic E-state index is 11.5. The van der Waals surface area contributed by atoms with E-state index in [1.165, 1.54) is 7.11 Å². The Kier molecular flexibility index (Phi) is 4.43. The lowest BCUT2D eigenvalue weighted by Crippen LogP contribution is -2.01. The maximum atomic E-state index is 11.5. The van der Waals surface area contributed by atoms with Crippen LogP contribution in [0.25, 0.3) is 10.9 Å². The molecule has 1 N–H and O–H groups in total. The molecule has 0 amide bonds. The van der Waals surface area contributed by atoms with Crippen LogP contribution in [0.5, 0.6) is 11.5 Å². The molecule has 1 heterocycles. The number of hydrogen-bond donors (Lipinski definition) is 1. The van der Waals surface area contributed by atoms with Gasteiger partial charge in [-0.15, -0.1) is 0 Å². The van der Waals surface area contributed by atoms with Crippen molar-refractivity contribution >= 4 is 23.2 Å². The Labute approximate surface area is 144 Å². The molecule has 3 rings (SSSR count). The summed E-state index contributed by atoms with van der Waals surface area (Å²) in [6.45, 7) is 0.418. The van der Waals surface area contributed by atoms with Crippen LogP contribution in [0.3, 0.4) is 0 Å². The van der Waals surface area contributed by atoms with E-state index in [-0.39, 0.29) is 5.56 Å². The van der Waals surface area contributed by atoms with Crippen LogP contribution in [-0.4, -0.2) is 36.1 Å². The Morgan fingerprint density at radius 1 is 1.20 bits per heavy atom. The largest absolute Gasteiger partial charge is 0.497 e. The number of fused-ring (bicyclic) bond motifs is 1. The molecular formula is C19H17NO5. The molecule has 0 spiro atoms. The van der Waals surface area contributed by atoms with E-state index in [9.17, 15) is 9.59 Å². The quantitative estimate of drug-likeness (QED) is 0.698. The van der Waals surface area contributed by atoms with Gasteiger partial charge in [-0.05, 0) is 17.7 Å². The fraction of sp³-hybridized carbons (Fsp3) is 0.158. The van der Waals surface area contributed by atoms with E-state index in [0.717, 1.165) is 17.4 Å². The average Bonchev–Trinajstić information content (AvgIpc) is 2.98. The Hall–Kier alpha value is -3.28. The van der Waals surface area contributed by atoms with Crippen molar-refractivity contribution in [3.05, 3.63) is 59.3 Å². The van der Waals surface area contributed by atoms with Gasteiger partial charge in [-0.25, -0.2) is 4.79 Å². The number of aromatic carboxylic acids is 1. The number of benzene rings is 2. The van der Waals surface area contributed by atoms with E-state index in [4.69, 9.17) is 14.6 Å². The van der Waals surface area contributed by atoms with E-state index in [2.05, 4.69) is 0 Å². The fourth-order valence-corrected chi connectivity index (χ4v) is 2.89. The smallest absolute Gasteiger partial charge is 0.335 e. The number of methoxy groups -OCH3 is 2. The molecule has 3 aromatic rings. The van der Waals surface area contributed by atoms with Gasteiger partial charge in [0.05, 0.1) is 30.7 Å². The van der Waals surface area contributed by atoms with Crippen LogP contribution in [0, 0.1) is 0 Å². The molecule has 0 saturated carbocycles. The van der Waals surface area contributed by atoms with Crippen LogP contribution in [0.4, 0.5) is 0 Å². The predicted octanol–water partition coefficient (Wildman–Crippen LogP) is 3.22. The molecule has 0 fully saturated rings. The van der Waals surface area contributed by atoms with E-state index in [0.29, 0.717) is 29.0 Å². The highest BCUT2D eigenvalue weighted by Gasteiger charge is 2.15. The van der Waals surface area contributed by atoms with Gasteiger partial charge in [-0.2, -0.15) is 0 Å². The molecule has 1 aromatic heterocycles. The summed E-state index contributed by atoms with van der Waals surface area (Å²) in [6.07, 6.45) is 2.51. The summed E-state index contributed by atoms with van der Waals surface area (Å²) >= 11 is 0. The number of rotatable bonds is 6. The second kappa shape index (κ2) is 6.68. The van der Waals surface area contributed by atoms with Crippen LogP contribution < -0.4 is 9.47 Å². The lowest BCUT2D eigenvalue weighted by atomic mass is 10.1. The third-order valence-electron chi connectivity index (χ3n) is 4.06. The molecule has 25 heavy (non-hydrogen) atoms. The summed E-state index contributed by atoms with van der Waals surface area (Å²) in [4.78, 5) is 22.6. The van der Waals surface area contributed by atoms with Gasteiger partial charge in [0.1, 0.15) is 11.5 Å². The first-order valence-electron chi connectivity index (χ1n) is 7.59. The lowest BCUT2D eigenvalue weighted by Gasteiger charge is -2.10. The standard InChI is InChI=1S/C19H17NO5/c1-24-15-7-16-18(17(8-15)25-2)14(11-21)10-20(16)9-12-4-3-5-13(6-12)19(22)23/h3-8,10-11H,9H2,1-2H3,(H,22,23). The van der Waals surface area contributed by atoms with Crippen molar-refractivity contribution in [1.82, 2.24) is 4.57 Å². The SMILES string of the molecule is COc1cc(OC)c2c(C=O)cn(Cc3cccc(C(=O)O)c3)c2c1. The highest BCUT2D eigenvalue weighted by Crippen LogP contribution is 2.34. The predicted molar refractivity (Wildman–Crippen MR) is 92.9 cm³/mol. The zero-order valence-electron chi connectivity index (χ0n) is 13.9. The number of carboxylic acids is 1. The molecule has 128 valence electrons. The Bertz CT molecular complexity index is 958. The molecule has 0 bridgehead atoms. The Morgan fingerprint density at radius 2 is 2.00 bits per heavy atom. The van der Waals surface area contributed by atoms with Gasteiger partial charge in [-0.3, -0.25) is 4.79 Å². The molecule has 0 aliphatic heterocycles. The molecule has 6 heteroatoms. The van der Waals surface area contributed by atoms with Gasteiger partial charge in [0.25, 0.3) is 0 Å². The number of hydrogen-bond acceptors (Lipinski definition) is 4. The molecule has 6 nitrogen and oxygen atoms in total. The second-order valence-electron chi connectivity index (χ2n) is 5.56. The number of carbonyl (C=O) groups excluding carboxylic acids is 1. The third-order valence-corrected chi connectivity index (χ3v) is 4.06. The number of nitrogens with zero attached hydrogens (tertiary/aromatic N) is 1. The second-order valence-corrected chi connectivity index (χ2v) is 5.56. The highest BCUT2D eigenvalue weighted by molar-refractivity contribution is 6.02. The third kappa shape index (κ3) is 3.06. The van der Waals surface area contributed by atoms with Crippen molar-refractivity contribution in [2.75, 3.05) is 14.2 Å². The van der Waals surface area contributed by atoms with Crippen molar-refractivity contribution in [3.8, 4) is 11.5 Å². The monoisotopic (exact) mass is 339 g/mol. The number of aldehydes is 1. The summed E-state index contributed by atoms with van der Waals surface area (Å²) < 4.78 is 12.6. The van der Waals surface area contributed by atoms with Crippen LogP contribution in [0.1, 0.15) is 26.3 Å². The fourth-order valence-electron chi connectivity index (χ4n) is 2.89. The first-order chi connectivity index (χ1) is 12.1.